The first-order valence-corrected chi connectivity index (χ1v) is 5.67. The number of anilines is 1. The fourth-order valence-electron chi connectivity index (χ4n) is 1.54. The molecule has 0 amide bonds. The van der Waals surface area contributed by atoms with Crippen LogP contribution in [0, 0.1) is 17.6 Å². The average molecular weight is 367 g/mol. The van der Waals surface area contributed by atoms with Crippen LogP contribution in [0.25, 0.3) is 0 Å². The van der Waals surface area contributed by atoms with Gasteiger partial charge in [-0.25, -0.2) is 8.78 Å². The van der Waals surface area contributed by atoms with E-state index in [1.54, 1.807) is 0 Å². The highest BCUT2D eigenvalue weighted by atomic mass is 127. The van der Waals surface area contributed by atoms with E-state index in [1.165, 1.54) is 12.8 Å². The zero-order valence-electron chi connectivity index (χ0n) is 9.83. The minimum Gasteiger partial charge on any atom is -0.370 e. The molecule has 100 valence electrons. The summed E-state index contributed by atoms with van der Waals surface area (Å²) in [6.07, 6.45) is 3.54. The third-order valence-electron chi connectivity index (χ3n) is 2.71. The van der Waals surface area contributed by atoms with E-state index < -0.39 is 11.6 Å². The Morgan fingerprint density at radius 2 is 2.11 bits per heavy atom. The molecule has 0 atom stereocenters. The normalized spacial score (nSPS) is 15.1. The Kier molecular flexibility index (Phi) is 5.77. The molecule has 0 aliphatic heterocycles. The van der Waals surface area contributed by atoms with Crippen molar-refractivity contribution in [3.63, 3.8) is 0 Å². The molecular formula is C12H16F2IN3. The lowest BCUT2D eigenvalue weighted by Gasteiger charge is -2.06. The maximum atomic E-state index is 13.3. The van der Waals surface area contributed by atoms with E-state index in [4.69, 9.17) is 5.73 Å². The molecule has 0 saturated heterocycles. The van der Waals surface area contributed by atoms with Crippen LogP contribution in [0.5, 0.6) is 0 Å². The lowest BCUT2D eigenvalue weighted by molar-refractivity contribution is 0.604. The van der Waals surface area contributed by atoms with Gasteiger partial charge >= 0.3 is 0 Å². The monoisotopic (exact) mass is 367 g/mol. The highest BCUT2D eigenvalue weighted by molar-refractivity contribution is 14.0. The number of halogens is 3. The van der Waals surface area contributed by atoms with Gasteiger partial charge in [-0.2, -0.15) is 0 Å². The van der Waals surface area contributed by atoms with Crippen molar-refractivity contribution in [2.75, 3.05) is 11.9 Å². The van der Waals surface area contributed by atoms with Crippen LogP contribution < -0.4 is 11.1 Å². The quantitative estimate of drug-likeness (QED) is 0.488. The van der Waals surface area contributed by atoms with Crippen molar-refractivity contribution < 1.29 is 8.78 Å². The first-order chi connectivity index (χ1) is 8.15. The van der Waals surface area contributed by atoms with Gasteiger partial charge in [-0.3, -0.25) is 4.99 Å². The van der Waals surface area contributed by atoms with E-state index in [0.29, 0.717) is 6.54 Å². The molecule has 1 aliphatic rings. The zero-order valence-corrected chi connectivity index (χ0v) is 12.2. The van der Waals surface area contributed by atoms with Gasteiger partial charge in [0, 0.05) is 12.6 Å². The number of rotatable bonds is 4. The molecule has 3 nitrogen and oxygen atoms in total. The molecule has 0 aromatic heterocycles. The lowest BCUT2D eigenvalue weighted by Crippen LogP contribution is -2.23. The number of guanidine groups is 1. The summed E-state index contributed by atoms with van der Waals surface area (Å²) >= 11 is 0. The molecule has 1 aliphatic carbocycles. The number of hydrogen-bond donors (Lipinski definition) is 2. The van der Waals surface area contributed by atoms with Crippen molar-refractivity contribution in [2.24, 2.45) is 16.6 Å². The van der Waals surface area contributed by atoms with Crippen LogP contribution in [0.4, 0.5) is 14.5 Å². The van der Waals surface area contributed by atoms with Crippen molar-refractivity contribution in [3.05, 3.63) is 29.8 Å². The van der Waals surface area contributed by atoms with Crippen molar-refractivity contribution in [3.8, 4) is 0 Å². The number of nitrogens with zero attached hydrogens (tertiary/aromatic N) is 1. The molecule has 0 bridgehead atoms. The summed E-state index contributed by atoms with van der Waals surface area (Å²) in [6, 6.07) is 3.16. The Hall–Kier alpha value is -0.920. The van der Waals surface area contributed by atoms with Gasteiger partial charge in [0.2, 0.25) is 0 Å². The standard InChI is InChI=1S/C12H15F2N3.HI/c13-9-3-4-10(14)11(7-9)17-12(15)16-6-5-8-1-2-8;/h3-4,7-8H,1-2,5-6H2,(H3,15,16,17);1H. The molecule has 0 unspecified atom stereocenters. The zero-order chi connectivity index (χ0) is 12.3. The Morgan fingerprint density at radius 3 is 2.78 bits per heavy atom. The van der Waals surface area contributed by atoms with Crippen LogP contribution in [0.1, 0.15) is 19.3 Å². The second-order valence-electron chi connectivity index (χ2n) is 4.25. The SMILES string of the molecule is I.NC(=NCCC1CC1)Nc1cc(F)ccc1F. The molecular weight excluding hydrogens is 351 g/mol. The lowest BCUT2D eigenvalue weighted by atomic mass is 10.3. The smallest absolute Gasteiger partial charge is 0.193 e. The predicted octanol–water partition coefficient (Wildman–Crippen LogP) is 3.11. The minimum atomic E-state index is -0.549. The molecule has 1 fully saturated rings. The average Bonchev–Trinajstić information content (AvgIpc) is 3.07. The maximum Gasteiger partial charge on any atom is 0.193 e. The molecule has 1 saturated carbocycles. The van der Waals surface area contributed by atoms with Gasteiger partial charge in [0.05, 0.1) is 5.69 Å². The minimum absolute atomic E-state index is 0. The summed E-state index contributed by atoms with van der Waals surface area (Å²) in [5.74, 6) is -0.168. The Morgan fingerprint density at radius 1 is 1.39 bits per heavy atom. The van der Waals surface area contributed by atoms with Crippen molar-refractivity contribution in [2.45, 2.75) is 19.3 Å². The van der Waals surface area contributed by atoms with Gasteiger partial charge < -0.3 is 11.1 Å². The van der Waals surface area contributed by atoms with E-state index in [0.717, 1.165) is 30.5 Å². The maximum absolute atomic E-state index is 13.3. The molecule has 0 radical (unpaired) electrons. The highest BCUT2D eigenvalue weighted by Gasteiger charge is 2.20. The molecule has 3 N–H and O–H groups in total. The molecule has 0 heterocycles. The number of nitrogens with two attached hydrogens (primary N) is 1. The van der Waals surface area contributed by atoms with E-state index in [1.807, 2.05) is 0 Å². The van der Waals surface area contributed by atoms with E-state index in [-0.39, 0.29) is 35.6 Å². The first-order valence-electron chi connectivity index (χ1n) is 5.67. The first kappa shape index (κ1) is 15.1. The van der Waals surface area contributed by atoms with Crippen molar-refractivity contribution in [1.82, 2.24) is 0 Å². The third-order valence-corrected chi connectivity index (χ3v) is 2.71. The summed E-state index contributed by atoms with van der Waals surface area (Å²) in [7, 11) is 0. The van der Waals surface area contributed by atoms with Crippen LogP contribution >= 0.6 is 24.0 Å². The Balaban J connectivity index is 0.00000162. The van der Waals surface area contributed by atoms with Crippen LogP contribution in [-0.2, 0) is 0 Å². The van der Waals surface area contributed by atoms with Gasteiger partial charge in [-0.15, -0.1) is 24.0 Å². The largest absolute Gasteiger partial charge is 0.370 e. The van der Waals surface area contributed by atoms with Crippen LogP contribution in [0.3, 0.4) is 0 Å². The summed E-state index contributed by atoms with van der Waals surface area (Å²) in [4.78, 5) is 4.06. The number of aliphatic imine (C=N–C) groups is 1. The van der Waals surface area contributed by atoms with Gasteiger partial charge in [0.1, 0.15) is 11.6 Å². The highest BCUT2D eigenvalue weighted by Crippen LogP contribution is 2.32. The second-order valence-corrected chi connectivity index (χ2v) is 4.25. The van der Waals surface area contributed by atoms with Gasteiger partial charge in [-0.1, -0.05) is 12.8 Å². The van der Waals surface area contributed by atoms with Gasteiger partial charge in [0.25, 0.3) is 0 Å². The molecule has 18 heavy (non-hydrogen) atoms. The van der Waals surface area contributed by atoms with E-state index in [2.05, 4.69) is 10.3 Å². The Labute approximate surface area is 122 Å². The number of hydrogen-bond acceptors (Lipinski definition) is 1. The third kappa shape index (κ3) is 4.75. The Bertz CT molecular complexity index is 433. The summed E-state index contributed by atoms with van der Waals surface area (Å²) < 4.78 is 26.1. The molecule has 6 heteroatoms. The number of benzene rings is 1. The van der Waals surface area contributed by atoms with Crippen LogP contribution in [0.15, 0.2) is 23.2 Å². The molecule has 0 spiro atoms. The van der Waals surface area contributed by atoms with Crippen LogP contribution in [-0.4, -0.2) is 12.5 Å². The second kappa shape index (κ2) is 6.86. The van der Waals surface area contributed by atoms with Crippen molar-refractivity contribution >= 4 is 35.6 Å². The van der Waals surface area contributed by atoms with Crippen LogP contribution in [0.2, 0.25) is 0 Å². The molecule has 2 rings (SSSR count). The van der Waals surface area contributed by atoms with E-state index >= 15 is 0 Å². The van der Waals surface area contributed by atoms with Crippen molar-refractivity contribution in [1.29, 1.82) is 0 Å². The summed E-state index contributed by atoms with van der Waals surface area (Å²) in [5.41, 5.74) is 5.59. The molecule has 1 aromatic carbocycles. The summed E-state index contributed by atoms with van der Waals surface area (Å²) in [5, 5.41) is 2.56. The fourth-order valence-corrected chi connectivity index (χ4v) is 1.54. The van der Waals surface area contributed by atoms with Gasteiger partial charge in [-0.05, 0) is 24.5 Å². The summed E-state index contributed by atoms with van der Waals surface area (Å²) in [6.45, 7) is 0.625. The predicted molar refractivity (Wildman–Crippen MR) is 79.2 cm³/mol. The topological polar surface area (TPSA) is 50.4 Å². The molecule has 1 aromatic rings. The van der Waals surface area contributed by atoms with Gasteiger partial charge in [0.15, 0.2) is 5.96 Å². The van der Waals surface area contributed by atoms with E-state index in [9.17, 15) is 8.78 Å². The fraction of sp³-hybridized carbons (Fsp3) is 0.417. The number of nitrogens with one attached hydrogen (secondary N) is 1.